The Morgan fingerprint density at radius 2 is 2.18 bits per heavy atom. The van der Waals surface area contributed by atoms with E-state index >= 15 is 0 Å². The first kappa shape index (κ1) is 12.3. The van der Waals surface area contributed by atoms with E-state index in [2.05, 4.69) is 17.2 Å². The molecule has 2 rings (SSSR count). The molecule has 0 saturated carbocycles. The maximum Gasteiger partial charge on any atom is 0.166 e. The van der Waals surface area contributed by atoms with Crippen LogP contribution in [0.2, 0.25) is 0 Å². The molecule has 0 aliphatic carbocycles. The smallest absolute Gasteiger partial charge is 0.166 e. The van der Waals surface area contributed by atoms with E-state index < -0.39 is 5.79 Å². The van der Waals surface area contributed by atoms with Crippen LogP contribution in [0.5, 0.6) is 0 Å². The molecule has 0 radical (unpaired) electrons. The van der Waals surface area contributed by atoms with Gasteiger partial charge in [0.25, 0.3) is 0 Å². The van der Waals surface area contributed by atoms with Gasteiger partial charge in [-0.1, -0.05) is 13.0 Å². The summed E-state index contributed by atoms with van der Waals surface area (Å²) in [6.45, 7) is 6.48. The molecule has 94 valence electrons. The molecule has 1 N–H and O–H groups in total. The molecule has 1 aliphatic rings. The molecular weight excluding hydrogens is 216 g/mol. The molecule has 4 nitrogen and oxygen atoms in total. The number of anilines is 1. The van der Waals surface area contributed by atoms with Gasteiger partial charge < -0.3 is 14.8 Å². The van der Waals surface area contributed by atoms with Gasteiger partial charge in [-0.3, -0.25) is 0 Å². The lowest BCUT2D eigenvalue weighted by atomic mass is 10.0. The number of pyridine rings is 1. The molecule has 0 aromatic carbocycles. The number of hydrogen-bond acceptors (Lipinski definition) is 4. The fourth-order valence-electron chi connectivity index (χ4n) is 2.13. The Hall–Kier alpha value is -1.13. The average Bonchev–Trinajstić information content (AvgIpc) is 2.74. The zero-order chi connectivity index (χ0) is 12.1. The number of nitrogens with zero attached hydrogens (tertiary/aromatic N) is 1. The summed E-state index contributed by atoms with van der Waals surface area (Å²) >= 11 is 0. The van der Waals surface area contributed by atoms with Crippen molar-refractivity contribution in [2.24, 2.45) is 5.92 Å². The molecule has 4 heteroatoms. The van der Waals surface area contributed by atoms with E-state index in [4.69, 9.17) is 9.47 Å². The van der Waals surface area contributed by atoms with Crippen LogP contribution in [0.1, 0.15) is 20.3 Å². The van der Waals surface area contributed by atoms with Gasteiger partial charge in [0, 0.05) is 19.2 Å². The van der Waals surface area contributed by atoms with Crippen LogP contribution >= 0.6 is 0 Å². The molecule has 1 fully saturated rings. The van der Waals surface area contributed by atoms with Gasteiger partial charge in [-0.25, -0.2) is 4.98 Å². The van der Waals surface area contributed by atoms with Gasteiger partial charge in [-0.15, -0.1) is 0 Å². The van der Waals surface area contributed by atoms with Crippen LogP contribution in [0.15, 0.2) is 24.4 Å². The quantitative estimate of drug-likeness (QED) is 0.851. The number of aromatic nitrogens is 1. The highest BCUT2D eigenvalue weighted by Gasteiger charge is 2.32. The van der Waals surface area contributed by atoms with Crippen LogP contribution in [-0.4, -0.2) is 30.5 Å². The number of ether oxygens (including phenoxy) is 2. The Balaban J connectivity index is 1.76. The monoisotopic (exact) mass is 236 g/mol. The van der Waals surface area contributed by atoms with Gasteiger partial charge in [-0.05, 0) is 25.0 Å². The molecule has 1 aliphatic heterocycles. The van der Waals surface area contributed by atoms with Crippen LogP contribution in [0.3, 0.4) is 0 Å². The third-order valence-corrected chi connectivity index (χ3v) is 2.91. The van der Waals surface area contributed by atoms with Crippen molar-refractivity contribution in [2.75, 3.05) is 25.1 Å². The third kappa shape index (κ3) is 3.68. The normalized spacial score (nSPS) is 20.1. The Morgan fingerprint density at radius 1 is 1.41 bits per heavy atom. The summed E-state index contributed by atoms with van der Waals surface area (Å²) in [6.07, 6.45) is 2.68. The Bertz CT molecular complexity index is 337. The zero-order valence-electron chi connectivity index (χ0n) is 10.5. The first-order chi connectivity index (χ1) is 8.18. The minimum absolute atomic E-state index is 0.398. The van der Waals surface area contributed by atoms with Crippen LogP contribution in [0.4, 0.5) is 5.82 Å². The van der Waals surface area contributed by atoms with Crippen LogP contribution < -0.4 is 5.32 Å². The zero-order valence-corrected chi connectivity index (χ0v) is 10.5. The standard InChI is InChI=1S/C13H20N2O2/c1-11(9-13(2)16-7-8-17-13)10-15-12-5-3-4-6-14-12/h3-6,11H,7-10H2,1-2H3,(H,14,15). The largest absolute Gasteiger partial charge is 0.370 e. The molecule has 1 aromatic heterocycles. The summed E-state index contributed by atoms with van der Waals surface area (Å²) in [7, 11) is 0. The SMILES string of the molecule is CC(CNc1ccccn1)CC1(C)OCCO1. The average molecular weight is 236 g/mol. The number of hydrogen-bond donors (Lipinski definition) is 1. The third-order valence-electron chi connectivity index (χ3n) is 2.91. The minimum atomic E-state index is -0.398. The molecule has 0 bridgehead atoms. The highest BCUT2D eigenvalue weighted by molar-refractivity contribution is 5.32. The summed E-state index contributed by atoms with van der Waals surface area (Å²) in [5.41, 5.74) is 0. The highest BCUT2D eigenvalue weighted by Crippen LogP contribution is 2.26. The van der Waals surface area contributed by atoms with E-state index in [1.165, 1.54) is 0 Å². The van der Waals surface area contributed by atoms with Crippen molar-refractivity contribution < 1.29 is 9.47 Å². The van der Waals surface area contributed by atoms with Crippen LogP contribution in [0.25, 0.3) is 0 Å². The first-order valence-corrected chi connectivity index (χ1v) is 6.11. The second-order valence-electron chi connectivity index (χ2n) is 4.74. The predicted octanol–water partition coefficient (Wildman–Crippen LogP) is 2.28. The fraction of sp³-hybridized carbons (Fsp3) is 0.615. The van der Waals surface area contributed by atoms with Gasteiger partial charge in [-0.2, -0.15) is 0 Å². The molecule has 0 spiro atoms. The van der Waals surface area contributed by atoms with Gasteiger partial charge >= 0.3 is 0 Å². The molecule has 2 heterocycles. The molecular formula is C13H20N2O2. The second-order valence-corrected chi connectivity index (χ2v) is 4.74. The summed E-state index contributed by atoms with van der Waals surface area (Å²) < 4.78 is 11.2. The van der Waals surface area contributed by atoms with E-state index in [9.17, 15) is 0 Å². The van der Waals surface area contributed by atoms with E-state index in [-0.39, 0.29) is 0 Å². The van der Waals surface area contributed by atoms with Gasteiger partial charge in [0.15, 0.2) is 5.79 Å². The molecule has 1 unspecified atom stereocenters. The highest BCUT2D eigenvalue weighted by atomic mass is 16.7. The Kier molecular flexibility index (Phi) is 3.97. The van der Waals surface area contributed by atoms with Crippen molar-refractivity contribution in [1.82, 2.24) is 4.98 Å². The molecule has 17 heavy (non-hydrogen) atoms. The van der Waals surface area contributed by atoms with E-state index in [1.54, 1.807) is 6.20 Å². The lowest BCUT2D eigenvalue weighted by Crippen LogP contribution is -2.30. The number of rotatable bonds is 5. The van der Waals surface area contributed by atoms with E-state index in [1.807, 2.05) is 25.1 Å². The van der Waals surface area contributed by atoms with E-state index in [0.29, 0.717) is 19.1 Å². The minimum Gasteiger partial charge on any atom is -0.370 e. The number of nitrogens with one attached hydrogen (secondary N) is 1. The van der Waals surface area contributed by atoms with Crippen molar-refractivity contribution in [1.29, 1.82) is 0 Å². The summed E-state index contributed by atoms with van der Waals surface area (Å²) in [4.78, 5) is 4.23. The van der Waals surface area contributed by atoms with Crippen molar-refractivity contribution in [2.45, 2.75) is 26.1 Å². The topological polar surface area (TPSA) is 43.4 Å². The summed E-state index contributed by atoms with van der Waals surface area (Å²) in [5, 5.41) is 3.31. The maximum atomic E-state index is 5.60. The van der Waals surface area contributed by atoms with Crippen LogP contribution in [0, 0.1) is 5.92 Å². The first-order valence-electron chi connectivity index (χ1n) is 6.11. The van der Waals surface area contributed by atoms with Gasteiger partial charge in [0.1, 0.15) is 5.82 Å². The van der Waals surface area contributed by atoms with Crippen molar-refractivity contribution in [3.05, 3.63) is 24.4 Å². The fourth-order valence-corrected chi connectivity index (χ4v) is 2.13. The van der Waals surface area contributed by atoms with Crippen molar-refractivity contribution in [3.8, 4) is 0 Å². The lowest BCUT2D eigenvalue weighted by molar-refractivity contribution is -0.153. The lowest BCUT2D eigenvalue weighted by Gasteiger charge is -2.26. The summed E-state index contributed by atoms with van der Waals surface area (Å²) in [5.74, 6) is 0.989. The molecule has 1 saturated heterocycles. The Morgan fingerprint density at radius 3 is 2.82 bits per heavy atom. The van der Waals surface area contributed by atoms with E-state index in [0.717, 1.165) is 18.8 Å². The van der Waals surface area contributed by atoms with Gasteiger partial charge in [0.2, 0.25) is 0 Å². The molecule has 0 amide bonds. The van der Waals surface area contributed by atoms with Crippen LogP contribution in [-0.2, 0) is 9.47 Å². The second kappa shape index (κ2) is 5.47. The molecule has 1 aromatic rings. The Labute approximate surface area is 102 Å². The van der Waals surface area contributed by atoms with Crippen molar-refractivity contribution in [3.63, 3.8) is 0 Å². The molecule has 1 atom stereocenters. The maximum absolute atomic E-state index is 5.60. The van der Waals surface area contributed by atoms with Gasteiger partial charge in [0.05, 0.1) is 13.2 Å². The summed E-state index contributed by atoms with van der Waals surface area (Å²) in [6, 6.07) is 5.86. The van der Waals surface area contributed by atoms with Crippen molar-refractivity contribution >= 4 is 5.82 Å². The predicted molar refractivity (Wildman–Crippen MR) is 66.8 cm³/mol.